The molecule has 0 aliphatic heterocycles. The Kier molecular flexibility index (Phi) is 7.93. The van der Waals surface area contributed by atoms with Crippen molar-refractivity contribution in [1.82, 2.24) is 4.72 Å². The zero-order valence-corrected chi connectivity index (χ0v) is 20.8. The highest BCUT2D eigenvalue weighted by molar-refractivity contribution is 7.90. The Morgan fingerprint density at radius 2 is 1.19 bits per heavy atom. The van der Waals surface area contributed by atoms with E-state index in [1.807, 2.05) is 60.7 Å². The molecule has 0 aliphatic carbocycles. The summed E-state index contributed by atoms with van der Waals surface area (Å²) in [7, 11) is -3.91. The van der Waals surface area contributed by atoms with E-state index in [4.69, 9.17) is 0 Å². The summed E-state index contributed by atoms with van der Waals surface area (Å²) in [5.74, 6) is -0.704. The fourth-order valence-electron chi connectivity index (χ4n) is 4.04. The summed E-state index contributed by atoms with van der Waals surface area (Å²) in [6.45, 7) is 2.16. The van der Waals surface area contributed by atoms with Gasteiger partial charge in [-0.15, -0.1) is 0 Å². The lowest BCUT2D eigenvalue weighted by atomic mass is 9.88. The average molecular weight is 494 g/mol. The lowest BCUT2D eigenvalue weighted by molar-refractivity contribution is -0.114. The molecule has 0 spiro atoms. The molecule has 36 heavy (non-hydrogen) atoms. The summed E-state index contributed by atoms with van der Waals surface area (Å²) in [4.78, 5) is 12.3. The van der Waals surface area contributed by atoms with E-state index in [1.54, 1.807) is 24.3 Å². The van der Waals surface area contributed by atoms with Crippen LogP contribution in [-0.2, 0) is 14.8 Å². The monoisotopic (exact) mass is 493 g/mol. The summed E-state index contributed by atoms with van der Waals surface area (Å²) in [5, 5.41) is 0. The number of hydrogen-bond acceptors (Lipinski definition) is 3. The minimum Gasteiger partial charge on any atom is -0.269 e. The van der Waals surface area contributed by atoms with Crippen LogP contribution in [0.25, 0.3) is 17.2 Å². The van der Waals surface area contributed by atoms with Crippen LogP contribution in [0.3, 0.4) is 0 Å². The van der Waals surface area contributed by atoms with E-state index in [0.29, 0.717) is 0 Å². The van der Waals surface area contributed by atoms with Crippen molar-refractivity contribution in [3.63, 3.8) is 0 Å². The van der Waals surface area contributed by atoms with E-state index in [-0.39, 0.29) is 4.90 Å². The van der Waals surface area contributed by atoms with Gasteiger partial charge in [0.05, 0.1) is 4.90 Å². The molecule has 0 heterocycles. The molecule has 0 radical (unpaired) electrons. The number of sulfonamides is 1. The molecule has 1 amide bonds. The summed E-state index contributed by atoms with van der Waals surface area (Å²) < 4.78 is 26.8. The van der Waals surface area contributed by atoms with Crippen LogP contribution in [0.4, 0.5) is 0 Å². The van der Waals surface area contributed by atoms with E-state index in [0.717, 1.165) is 28.7 Å². The molecule has 4 aromatic rings. The highest BCUT2D eigenvalue weighted by Gasteiger charge is 2.15. The summed E-state index contributed by atoms with van der Waals surface area (Å²) in [5.41, 5.74) is 6.57. The molecular weight excluding hydrogens is 466 g/mol. The second-order valence-corrected chi connectivity index (χ2v) is 9.86. The highest BCUT2D eigenvalue weighted by Crippen LogP contribution is 2.34. The zero-order valence-electron chi connectivity index (χ0n) is 20.0. The zero-order chi connectivity index (χ0) is 25.4. The standard InChI is InChI=1S/C31H27NO3S/c1-2-29(25-12-6-3-7-13-25)31(26-14-8-4-9-15-26)27-21-18-24(19-22-27)20-23-30(33)32-36(34,35)28-16-10-5-11-17-28/h3-23H,2H2,1H3,(H,32,33). The molecule has 0 saturated heterocycles. The van der Waals surface area contributed by atoms with Crippen molar-refractivity contribution >= 4 is 33.2 Å². The van der Waals surface area contributed by atoms with E-state index in [1.165, 1.54) is 29.3 Å². The first-order valence-electron chi connectivity index (χ1n) is 11.7. The Hall–Kier alpha value is -4.22. The number of carbonyl (C=O) groups excluding carboxylic acids is 1. The molecular formula is C31H27NO3S. The van der Waals surface area contributed by atoms with Crippen molar-refractivity contribution in [3.05, 3.63) is 144 Å². The SMILES string of the molecule is CCC(=C(c1ccccc1)c1ccc(C=CC(=O)NS(=O)(=O)c2ccccc2)cc1)c1ccccc1. The maximum Gasteiger partial charge on any atom is 0.264 e. The predicted molar refractivity (Wildman–Crippen MR) is 146 cm³/mol. The van der Waals surface area contributed by atoms with Crippen LogP contribution in [0.15, 0.2) is 126 Å². The number of hydrogen-bond donors (Lipinski definition) is 1. The first kappa shape index (κ1) is 24.9. The first-order valence-corrected chi connectivity index (χ1v) is 13.2. The number of rotatable bonds is 8. The molecule has 4 rings (SSSR count). The van der Waals surface area contributed by atoms with Crippen LogP contribution in [0.2, 0.25) is 0 Å². The van der Waals surface area contributed by atoms with Gasteiger partial charge in [0, 0.05) is 6.08 Å². The Labute approximate surface area is 212 Å². The Morgan fingerprint density at radius 3 is 1.75 bits per heavy atom. The van der Waals surface area contributed by atoms with Gasteiger partial charge in [0.1, 0.15) is 0 Å². The van der Waals surface area contributed by atoms with Crippen LogP contribution in [-0.4, -0.2) is 14.3 Å². The number of benzene rings is 4. The van der Waals surface area contributed by atoms with Gasteiger partial charge in [-0.3, -0.25) is 4.79 Å². The van der Waals surface area contributed by atoms with Crippen LogP contribution in [0.5, 0.6) is 0 Å². The number of carbonyl (C=O) groups is 1. The van der Waals surface area contributed by atoms with Crippen LogP contribution < -0.4 is 4.72 Å². The number of amides is 1. The summed E-state index contributed by atoms with van der Waals surface area (Å²) >= 11 is 0. The third-order valence-electron chi connectivity index (χ3n) is 5.76. The third-order valence-corrected chi connectivity index (χ3v) is 7.12. The van der Waals surface area contributed by atoms with Crippen LogP contribution in [0, 0.1) is 0 Å². The molecule has 1 N–H and O–H groups in total. The Balaban J connectivity index is 1.60. The largest absolute Gasteiger partial charge is 0.269 e. The number of allylic oxidation sites excluding steroid dienone is 1. The molecule has 0 fully saturated rings. The van der Waals surface area contributed by atoms with Crippen molar-refractivity contribution in [3.8, 4) is 0 Å². The van der Waals surface area contributed by atoms with Gasteiger partial charge in [-0.05, 0) is 58.0 Å². The Bertz CT molecular complexity index is 1470. The van der Waals surface area contributed by atoms with Crippen molar-refractivity contribution in [1.29, 1.82) is 0 Å². The van der Waals surface area contributed by atoms with E-state index in [2.05, 4.69) is 35.9 Å². The van der Waals surface area contributed by atoms with E-state index < -0.39 is 15.9 Å². The van der Waals surface area contributed by atoms with Gasteiger partial charge in [-0.25, -0.2) is 13.1 Å². The lowest BCUT2D eigenvalue weighted by Gasteiger charge is -2.16. The van der Waals surface area contributed by atoms with Crippen LogP contribution >= 0.6 is 0 Å². The molecule has 4 aromatic carbocycles. The molecule has 0 bridgehead atoms. The average Bonchev–Trinajstić information content (AvgIpc) is 2.92. The van der Waals surface area contributed by atoms with Gasteiger partial charge < -0.3 is 0 Å². The van der Waals surface area contributed by atoms with Gasteiger partial charge in [0.15, 0.2) is 0 Å². The van der Waals surface area contributed by atoms with Crippen molar-refractivity contribution in [2.45, 2.75) is 18.2 Å². The topological polar surface area (TPSA) is 63.2 Å². The van der Waals surface area contributed by atoms with Crippen molar-refractivity contribution in [2.24, 2.45) is 0 Å². The van der Waals surface area contributed by atoms with Crippen molar-refractivity contribution in [2.75, 3.05) is 0 Å². The fourth-order valence-corrected chi connectivity index (χ4v) is 5.01. The van der Waals surface area contributed by atoms with E-state index >= 15 is 0 Å². The maximum absolute atomic E-state index is 12.3. The minimum atomic E-state index is -3.91. The van der Waals surface area contributed by atoms with Crippen LogP contribution in [0.1, 0.15) is 35.6 Å². The summed E-state index contributed by atoms with van der Waals surface area (Å²) in [6, 6.07) is 36.4. The predicted octanol–water partition coefficient (Wildman–Crippen LogP) is 6.57. The van der Waals surface area contributed by atoms with Gasteiger partial charge >= 0.3 is 0 Å². The fraction of sp³-hybridized carbons (Fsp3) is 0.0645. The first-order chi connectivity index (χ1) is 17.5. The smallest absolute Gasteiger partial charge is 0.264 e. The quantitative estimate of drug-likeness (QED) is 0.223. The lowest BCUT2D eigenvalue weighted by Crippen LogP contribution is -2.28. The van der Waals surface area contributed by atoms with Gasteiger partial charge in [-0.1, -0.05) is 110 Å². The molecule has 0 atom stereocenters. The van der Waals surface area contributed by atoms with Gasteiger partial charge in [0.2, 0.25) is 0 Å². The second kappa shape index (κ2) is 11.5. The Morgan fingerprint density at radius 1 is 0.694 bits per heavy atom. The number of nitrogens with one attached hydrogen (secondary N) is 1. The molecule has 5 heteroatoms. The molecule has 0 unspecified atom stereocenters. The minimum absolute atomic E-state index is 0.0430. The highest BCUT2D eigenvalue weighted by atomic mass is 32.2. The maximum atomic E-state index is 12.3. The molecule has 0 aliphatic rings. The summed E-state index contributed by atoms with van der Waals surface area (Å²) in [6.07, 6.45) is 3.69. The molecule has 4 nitrogen and oxygen atoms in total. The van der Waals surface area contributed by atoms with Gasteiger partial charge in [0.25, 0.3) is 15.9 Å². The molecule has 0 saturated carbocycles. The van der Waals surface area contributed by atoms with Gasteiger partial charge in [-0.2, -0.15) is 0 Å². The van der Waals surface area contributed by atoms with E-state index in [9.17, 15) is 13.2 Å². The third kappa shape index (κ3) is 6.06. The second-order valence-electron chi connectivity index (χ2n) is 8.18. The molecule has 180 valence electrons. The van der Waals surface area contributed by atoms with Crippen molar-refractivity contribution < 1.29 is 13.2 Å². The normalized spacial score (nSPS) is 12.2. The molecule has 0 aromatic heterocycles.